The first-order valence-corrected chi connectivity index (χ1v) is 9.44. The maximum atomic E-state index is 8.22. The van der Waals surface area contributed by atoms with Gasteiger partial charge in [-0.2, -0.15) is 0 Å². The summed E-state index contributed by atoms with van der Waals surface area (Å²) in [6.45, 7) is 7.09. The van der Waals surface area contributed by atoms with E-state index in [9.17, 15) is 0 Å². The van der Waals surface area contributed by atoms with Crippen LogP contribution in [0.5, 0.6) is 0 Å². The van der Waals surface area contributed by atoms with Crippen molar-refractivity contribution in [2.75, 3.05) is 0 Å². The highest BCUT2D eigenvalue weighted by atomic mass is 35.5. The van der Waals surface area contributed by atoms with Crippen molar-refractivity contribution < 1.29 is 6.85 Å². The van der Waals surface area contributed by atoms with E-state index in [-0.39, 0.29) is 28.5 Å². The summed E-state index contributed by atoms with van der Waals surface area (Å²) < 4.78 is 41.0. The molecule has 0 aliphatic heterocycles. The van der Waals surface area contributed by atoms with Crippen molar-refractivity contribution in [2.45, 2.75) is 0 Å². The SMILES string of the molecule is [2H]c1c([2H])c([2H])c(-c2nc3sc4cc(-c5ccc([N+]#[C-])cc5)ccc4c3nc2Cl)c([2H])c1[2H]. The molecule has 5 rings (SSSR count). The minimum atomic E-state index is -0.474. The second-order valence-corrected chi connectivity index (χ2v) is 7.38. The van der Waals surface area contributed by atoms with Gasteiger partial charge in [0.1, 0.15) is 16.0 Å². The molecule has 5 heteroatoms. The summed E-state index contributed by atoms with van der Waals surface area (Å²) in [7, 11) is 0. The van der Waals surface area contributed by atoms with Gasteiger partial charge >= 0.3 is 0 Å². The molecule has 2 heterocycles. The number of hydrogen-bond acceptors (Lipinski definition) is 3. The molecule has 3 aromatic carbocycles. The largest absolute Gasteiger partial charge is 0.238 e. The molecule has 0 amide bonds. The van der Waals surface area contributed by atoms with Crippen molar-refractivity contribution in [3.8, 4) is 22.4 Å². The molecule has 0 atom stereocenters. The number of halogens is 1. The quantitative estimate of drug-likeness (QED) is 0.288. The number of rotatable bonds is 2. The summed E-state index contributed by atoms with van der Waals surface area (Å²) in [5.41, 5.74) is 3.10. The molecule has 2 aromatic heterocycles. The summed E-state index contributed by atoms with van der Waals surface area (Å²) in [6.07, 6.45) is 0. The van der Waals surface area contributed by atoms with Gasteiger partial charge in [-0.25, -0.2) is 14.8 Å². The number of nitrogens with zero attached hydrogens (tertiary/aromatic N) is 3. The number of aromatic nitrogens is 2. The van der Waals surface area contributed by atoms with Gasteiger partial charge in [-0.15, -0.1) is 11.3 Å². The molecule has 3 nitrogen and oxygen atoms in total. The van der Waals surface area contributed by atoms with Crippen molar-refractivity contribution in [2.24, 2.45) is 0 Å². The first-order chi connectivity index (χ1) is 15.8. The zero-order valence-electron chi connectivity index (χ0n) is 19.2. The number of fused-ring (bicyclic) bond motifs is 3. The monoisotopic (exact) mass is 402 g/mol. The molecule has 0 saturated heterocycles. The molecule has 0 aliphatic rings. The van der Waals surface area contributed by atoms with Crippen LogP contribution in [-0.4, -0.2) is 9.97 Å². The van der Waals surface area contributed by atoms with E-state index in [4.69, 9.17) is 25.0 Å². The van der Waals surface area contributed by atoms with Crippen molar-refractivity contribution in [3.05, 3.63) is 89.2 Å². The Morgan fingerprint density at radius 1 is 0.929 bits per heavy atom. The van der Waals surface area contributed by atoms with Crippen molar-refractivity contribution in [1.29, 1.82) is 0 Å². The van der Waals surface area contributed by atoms with Gasteiger partial charge in [0.2, 0.25) is 0 Å². The van der Waals surface area contributed by atoms with Crippen molar-refractivity contribution in [1.82, 2.24) is 9.97 Å². The Kier molecular flexibility index (Phi) is 2.94. The van der Waals surface area contributed by atoms with E-state index in [2.05, 4.69) is 14.8 Å². The average Bonchev–Trinajstić information content (AvgIpc) is 3.18. The topological polar surface area (TPSA) is 30.1 Å². The number of hydrogen-bond donors (Lipinski definition) is 0. The van der Waals surface area contributed by atoms with Crippen LogP contribution in [-0.2, 0) is 0 Å². The fraction of sp³-hybridized carbons (Fsp3) is 0. The van der Waals surface area contributed by atoms with Gasteiger partial charge in [0.15, 0.2) is 10.8 Å². The van der Waals surface area contributed by atoms with Gasteiger partial charge in [0.25, 0.3) is 0 Å². The molecule has 0 saturated carbocycles. The van der Waals surface area contributed by atoms with Crippen LogP contribution in [0, 0.1) is 6.57 Å². The Hall–Kier alpha value is -3.26. The Labute approximate surface area is 177 Å². The lowest BCUT2D eigenvalue weighted by molar-refractivity contribution is 1.32. The highest BCUT2D eigenvalue weighted by Crippen LogP contribution is 2.37. The van der Waals surface area contributed by atoms with E-state index in [1.54, 1.807) is 12.1 Å². The number of thiophene rings is 1. The first-order valence-electron chi connectivity index (χ1n) is 10.7. The van der Waals surface area contributed by atoms with E-state index in [0.29, 0.717) is 16.0 Å². The predicted molar refractivity (Wildman–Crippen MR) is 117 cm³/mol. The molecule has 5 aromatic rings. The van der Waals surface area contributed by atoms with E-state index >= 15 is 0 Å². The van der Waals surface area contributed by atoms with Crippen LogP contribution in [0.1, 0.15) is 6.85 Å². The molecule has 0 aliphatic carbocycles. The third-order valence-corrected chi connectivity index (χ3v) is 5.63. The standard InChI is InChI=1S/C23H12ClN3S/c1-25-17-10-7-14(8-11-17)16-9-12-18-19(13-16)28-23-21(18)26-22(24)20(27-23)15-5-3-2-4-6-15/h2-13H/i2D,3D,4D,5D,6D. The molecule has 0 N–H and O–H groups in total. The summed E-state index contributed by atoms with van der Waals surface area (Å²) in [4.78, 5) is 13.0. The third-order valence-electron chi connectivity index (χ3n) is 4.33. The number of benzene rings is 3. The zero-order chi connectivity index (χ0) is 23.4. The lowest BCUT2D eigenvalue weighted by atomic mass is 10.0. The fourth-order valence-electron chi connectivity index (χ4n) is 2.99. The maximum absolute atomic E-state index is 8.22. The van der Waals surface area contributed by atoms with Crippen LogP contribution in [0.25, 0.3) is 47.7 Å². The zero-order valence-corrected chi connectivity index (χ0v) is 15.7. The predicted octanol–water partition coefficient (Wildman–Crippen LogP) is 7.38. The molecule has 0 radical (unpaired) electrons. The average molecular weight is 403 g/mol. The van der Waals surface area contributed by atoms with E-state index in [1.807, 2.05) is 30.3 Å². The lowest BCUT2D eigenvalue weighted by Gasteiger charge is -2.03. The van der Waals surface area contributed by atoms with Crippen LogP contribution < -0.4 is 0 Å². The van der Waals surface area contributed by atoms with Crippen LogP contribution in [0.3, 0.4) is 0 Å². The second kappa shape index (κ2) is 6.72. The molecule has 0 fully saturated rings. The Bertz CT molecular complexity index is 1610. The highest BCUT2D eigenvalue weighted by molar-refractivity contribution is 7.25. The second-order valence-electron chi connectivity index (χ2n) is 5.99. The van der Waals surface area contributed by atoms with Crippen molar-refractivity contribution >= 4 is 49.1 Å². The minimum absolute atomic E-state index is 0.0282. The molecule has 132 valence electrons. The summed E-state index contributed by atoms with van der Waals surface area (Å²) in [5, 5.41) is 0.832. The fourth-order valence-corrected chi connectivity index (χ4v) is 4.27. The Morgan fingerprint density at radius 2 is 1.68 bits per heavy atom. The molecule has 28 heavy (non-hydrogen) atoms. The van der Waals surface area contributed by atoms with Gasteiger partial charge in [0.05, 0.1) is 13.4 Å². The molecular formula is C23H12ClN3S. The lowest BCUT2D eigenvalue weighted by Crippen LogP contribution is -1.88. The van der Waals surface area contributed by atoms with E-state index < -0.39 is 18.1 Å². The molecule has 0 spiro atoms. The van der Waals surface area contributed by atoms with Crippen LogP contribution in [0.15, 0.2) is 72.7 Å². The Balaban J connectivity index is 1.70. The van der Waals surface area contributed by atoms with Gasteiger partial charge in [-0.05, 0) is 17.2 Å². The van der Waals surface area contributed by atoms with Gasteiger partial charge in [-0.3, -0.25) is 0 Å². The van der Waals surface area contributed by atoms with Gasteiger partial charge in [0, 0.05) is 15.6 Å². The normalized spacial score (nSPS) is 13.5. The van der Waals surface area contributed by atoms with Gasteiger partial charge in [-0.1, -0.05) is 78.2 Å². The smallest absolute Gasteiger partial charge is 0.187 e. The van der Waals surface area contributed by atoms with Crippen LogP contribution in [0.4, 0.5) is 5.69 Å². The minimum Gasteiger partial charge on any atom is -0.238 e. The van der Waals surface area contributed by atoms with E-state index in [1.165, 1.54) is 11.3 Å². The Morgan fingerprint density at radius 3 is 2.43 bits per heavy atom. The molecular weight excluding hydrogens is 386 g/mol. The molecule has 0 unspecified atom stereocenters. The summed E-state index contributed by atoms with van der Waals surface area (Å²) in [6, 6.07) is 11.1. The molecule has 0 bridgehead atoms. The maximum Gasteiger partial charge on any atom is 0.187 e. The summed E-state index contributed by atoms with van der Waals surface area (Å²) >= 11 is 7.79. The van der Waals surface area contributed by atoms with Gasteiger partial charge < -0.3 is 0 Å². The first kappa shape index (κ1) is 12.2. The highest BCUT2D eigenvalue weighted by Gasteiger charge is 2.14. The third kappa shape index (κ3) is 2.82. The summed E-state index contributed by atoms with van der Waals surface area (Å²) in [5.74, 6) is 0. The van der Waals surface area contributed by atoms with Crippen molar-refractivity contribution in [3.63, 3.8) is 0 Å². The van der Waals surface area contributed by atoms with Crippen LogP contribution in [0.2, 0.25) is 5.15 Å². The van der Waals surface area contributed by atoms with E-state index in [0.717, 1.165) is 21.2 Å². The van der Waals surface area contributed by atoms with Crippen LogP contribution >= 0.6 is 22.9 Å².